The first kappa shape index (κ1) is 14.0. The van der Waals surface area contributed by atoms with Gasteiger partial charge in [0.1, 0.15) is 0 Å². The molecule has 1 nitrogen and oxygen atoms in total. The van der Waals surface area contributed by atoms with E-state index in [1.165, 1.54) is 12.8 Å². The fraction of sp³-hybridized carbons (Fsp3) is 0.857. The van der Waals surface area contributed by atoms with Crippen molar-refractivity contribution >= 4 is 8.32 Å². The molecule has 0 aromatic heterocycles. The summed E-state index contributed by atoms with van der Waals surface area (Å²) < 4.78 is 6.46. The third kappa shape index (κ3) is 2.98. The van der Waals surface area contributed by atoms with Crippen molar-refractivity contribution in [3.8, 4) is 0 Å². The molecule has 0 aromatic rings. The standard InChI is InChI=1S/C14H28OSi/c1-8-12-10-13(9-11(12)2)15-16(6,7)14(3,4)5/h13H,8-10H2,1-7H3. The number of rotatable bonds is 3. The molecule has 0 saturated heterocycles. The van der Waals surface area contributed by atoms with E-state index in [2.05, 4.69) is 47.7 Å². The molecule has 2 heteroatoms. The first-order valence-corrected chi connectivity index (χ1v) is 9.43. The van der Waals surface area contributed by atoms with Crippen LogP contribution in [0.15, 0.2) is 11.1 Å². The van der Waals surface area contributed by atoms with E-state index in [-0.39, 0.29) is 0 Å². The zero-order valence-electron chi connectivity index (χ0n) is 12.1. The van der Waals surface area contributed by atoms with E-state index in [1.807, 2.05) is 0 Å². The molecular formula is C14H28OSi. The highest BCUT2D eigenvalue weighted by molar-refractivity contribution is 6.74. The van der Waals surface area contributed by atoms with Gasteiger partial charge in [-0.3, -0.25) is 0 Å². The van der Waals surface area contributed by atoms with Crippen molar-refractivity contribution in [1.29, 1.82) is 0 Å². The van der Waals surface area contributed by atoms with Gasteiger partial charge in [0, 0.05) is 0 Å². The summed E-state index contributed by atoms with van der Waals surface area (Å²) in [5, 5.41) is 0.329. The Morgan fingerprint density at radius 2 is 1.81 bits per heavy atom. The van der Waals surface area contributed by atoms with Gasteiger partial charge in [-0.15, -0.1) is 0 Å². The van der Waals surface area contributed by atoms with E-state index < -0.39 is 8.32 Å². The van der Waals surface area contributed by atoms with Gasteiger partial charge in [-0.05, 0) is 44.3 Å². The van der Waals surface area contributed by atoms with Gasteiger partial charge in [0.05, 0.1) is 6.10 Å². The summed E-state index contributed by atoms with van der Waals surface area (Å²) in [5.74, 6) is 0. The molecule has 0 heterocycles. The minimum Gasteiger partial charge on any atom is -0.413 e. The van der Waals surface area contributed by atoms with Crippen molar-refractivity contribution < 1.29 is 4.43 Å². The second kappa shape index (κ2) is 4.65. The molecule has 0 amide bonds. The van der Waals surface area contributed by atoms with Crippen LogP contribution in [-0.2, 0) is 4.43 Å². The Labute approximate surface area is 102 Å². The van der Waals surface area contributed by atoms with Crippen LogP contribution in [0.2, 0.25) is 18.1 Å². The first-order valence-electron chi connectivity index (χ1n) is 6.52. The predicted molar refractivity (Wildman–Crippen MR) is 74.3 cm³/mol. The zero-order chi connectivity index (χ0) is 12.6. The molecule has 0 radical (unpaired) electrons. The van der Waals surface area contributed by atoms with Crippen LogP contribution in [0.1, 0.15) is 53.9 Å². The molecule has 0 N–H and O–H groups in total. The van der Waals surface area contributed by atoms with Crippen molar-refractivity contribution in [1.82, 2.24) is 0 Å². The average Bonchev–Trinajstić information content (AvgIpc) is 2.43. The smallest absolute Gasteiger partial charge is 0.192 e. The summed E-state index contributed by atoms with van der Waals surface area (Å²) in [6.45, 7) is 16.2. The van der Waals surface area contributed by atoms with Crippen LogP contribution in [-0.4, -0.2) is 14.4 Å². The quantitative estimate of drug-likeness (QED) is 0.504. The van der Waals surface area contributed by atoms with Crippen LogP contribution >= 0.6 is 0 Å². The third-order valence-electron chi connectivity index (χ3n) is 4.31. The molecule has 0 saturated carbocycles. The van der Waals surface area contributed by atoms with Gasteiger partial charge in [0.25, 0.3) is 0 Å². The molecule has 0 spiro atoms. The van der Waals surface area contributed by atoms with Crippen LogP contribution in [0, 0.1) is 0 Å². The Balaban J connectivity index is 2.60. The Morgan fingerprint density at radius 3 is 2.19 bits per heavy atom. The van der Waals surface area contributed by atoms with Crippen LogP contribution in [0.25, 0.3) is 0 Å². The SMILES string of the molecule is CCC1=C(C)CC(O[Si](C)(C)C(C)(C)C)C1. The summed E-state index contributed by atoms with van der Waals surface area (Å²) in [6.07, 6.45) is 4.00. The molecule has 1 unspecified atom stereocenters. The molecule has 1 rings (SSSR count). The van der Waals surface area contributed by atoms with Crippen molar-refractivity contribution in [3.63, 3.8) is 0 Å². The van der Waals surface area contributed by atoms with Gasteiger partial charge in [0.15, 0.2) is 8.32 Å². The fourth-order valence-corrected chi connectivity index (χ4v) is 3.48. The summed E-state index contributed by atoms with van der Waals surface area (Å²) in [6, 6.07) is 0. The molecule has 0 aromatic carbocycles. The second-order valence-electron chi connectivity index (χ2n) is 6.65. The van der Waals surface area contributed by atoms with E-state index in [0.29, 0.717) is 11.1 Å². The highest BCUT2D eigenvalue weighted by Gasteiger charge is 2.40. The minimum absolute atomic E-state index is 0.329. The van der Waals surface area contributed by atoms with E-state index in [1.54, 1.807) is 11.1 Å². The van der Waals surface area contributed by atoms with Crippen LogP contribution in [0.4, 0.5) is 0 Å². The lowest BCUT2D eigenvalue weighted by Crippen LogP contribution is -2.43. The van der Waals surface area contributed by atoms with Crippen molar-refractivity contribution in [3.05, 3.63) is 11.1 Å². The van der Waals surface area contributed by atoms with Gasteiger partial charge >= 0.3 is 0 Å². The summed E-state index contributed by atoms with van der Waals surface area (Å²) in [5.41, 5.74) is 3.20. The van der Waals surface area contributed by atoms with E-state index >= 15 is 0 Å². The largest absolute Gasteiger partial charge is 0.413 e. The maximum Gasteiger partial charge on any atom is 0.192 e. The lowest BCUT2D eigenvalue weighted by molar-refractivity contribution is 0.190. The lowest BCUT2D eigenvalue weighted by atomic mass is 10.1. The lowest BCUT2D eigenvalue weighted by Gasteiger charge is -2.38. The van der Waals surface area contributed by atoms with Crippen molar-refractivity contribution in [2.24, 2.45) is 0 Å². The van der Waals surface area contributed by atoms with Gasteiger partial charge < -0.3 is 4.43 Å². The topological polar surface area (TPSA) is 9.23 Å². The predicted octanol–water partition coefficient (Wildman–Crippen LogP) is 4.90. The minimum atomic E-state index is -1.57. The number of hydrogen-bond acceptors (Lipinski definition) is 1. The summed E-state index contributed by atoms with van der Waals surface area (Å²) in [7, 11) is -1.57. The van der Waals surface area contributed by atoms with Crippen LogP contribution in [0.5, 0.6) is 0 Å². The Morgan fingerprint density at radius 1 is 1.25 bits per heavy atom. The Kier molecular flexibility index (Phi) is 4.07. The molecule has 1 atom stereocenters. The highest BCUT2D eigenvalue weighted by Crippen LogP contribution is 2.40. The molecule has 0 aliphatic heterocycles. The van der Waals surface area contributed by atoms with Crippen molar-refractivity contribution in [2.45, 2.75) is 78.1 Å². The van der Waals surface area contributed by atoms with Gasteiger partial charge in [0.2, 0.25) is 0 Å². The fourth-order valence-electron chi connectivity index (χ4n) is 2.13. The Hall–Kier alpha value is -0.0831. The Bertz CT molecular complexity index is 284. The normalized spacial score (nSPS) is 23.1. The molecule has 1 aliphatic carbocycles. The molecule has 1 aliphatic rings. The monoisotopic (exact) mass is 240 g/mol. The highest BCUT2D eigenvalue weighted by atomic mass is 28.4. The average molecular weight is 240 g/mol. The van der Waals surface area contributed by atoms with Gasteiger partial charge in [-0.25, -0.2) is 0 Å². The maximum atomic E-state index is 6.46. The molecule has 94 valence electrons. The van der Waals surface area contributed by atoms with Crippen molar-refractivity contribution in [2.75, 3.05) is 0 Å². The van der Waals surface area contributed by atoms with Crippen LogP contribution in [0.3, 0.4) is 0 Å². The van der Waals surface area contributed by atoms with Gasteiger partial charge in [-0.2, -0.15) is 0 Å². The van der Waals surface area contributed by atoms with E-state index in [9.17, 15) is 0 Å². The summed E-state index contributed by atoms with van der Waals surface area (Å²) in [4.78, 5) is 0. The number of hydrogen-bond donors (Lipinski definition) is 0. The first-order chi connectivity index (χ1) is 7.17. The van der Waals surface area contributed by atoms with Gasteiger partial charge in [-0.1, -0.05) is 38.8 Å². The molecule has 0 bridgehead atoms. The summed E-state index contributed by atoms with van der Waals surface area (Å²) >= 11 is 0. The third-order valence-corrected chi connectivity index (χ3v) is 8.84. The van der Waals surface area contributed by atoms with E-state index in [4.69, 9.17) is 4.43 Å². The molecule has 0 fully saturated rings. The second-order valence-corrected chi connectivity index (χ2v) is 11.4. The molecular weight excluding hydrogens is 212 g/mol. The maximum absolute atomic E-state index is 6.46. The van der Waals surface area contributed by atoms with Crippen LogP contribution < -0.4 is 0 Å². The molecule has 16 heavy (non-hydrogen) atoms. The zero-order valence-corrected chi connectivity index (χ0v) is 13.1. The van der Waals surface area contributed by atoms with E-state index in [0.717, 1.165) is 6.42 Å².